The Morgan fingerprint density at radius 2 is 0.443 bits per heavy atom. The molecule has 0 bridgehead atoms. The van der Waals surface area contributed by atoms with E-state index in [1.807, 2.05) is 0 Å². The molecule has 0 radical (unpaired) electrons. The molecule has 1 atom stereocenters. The molecule has 0 spiro atoms. The van der Waals surface area contributed by atoms with Crippen molar-refractivity contribution in [1.29, 1.82) is 0 Å². The van der Waals surface area contributed by atoms with Gasteiger partial charge in [-0.1, -0.05) is 278 Å². The van der Waals surface area contributed by atoms with E-state index in [-0.39, 0.29) is 31.1 Å². The molecule has 0 aliphatic heterocycles. The number of carbonyl (C=O) groups excluding carboxylic acids is 3. The lowest BCUT2D eigenvalue weighted by atomic mass is 10.0. The van der Waals surface area contributed by atoms with E-state index in [0.717, 1.165) is 57.8 Å². The lowest BCUT2D eigenvalue weighted by Gasteiger charge is -2.18. The minimum atomic E-state index is -0.760. The summed E-state index contributed by atoms with van der Waals surface area (Å²) in [5.41, 5.74) is 0. The molecule has 0 aliphatic carbocycles. The molecule has 362 valence electrons. The molecular weight excluding hydrogens is 757 g/mol. The summed E-state index contributed by atoms with van der Waals surface area (Å²) in [5, 5.41) is 0. The first kappa shape index (κ1) is 59.4. The summed E-state index contributed by atoms with van der Waals surface area (Å²) in [5.74, 6) is -0.837. The van der Waals surface area contributed by atoms with E-state index in [1.54, 1.807) is 0 Å². The number of esters is 3. The van der Waals surface area contributed by atoms with Crippen LogP contribution in [0.25, 0.3) is 0 Å². The maximum absolute atomic E-state index is 12.8. The summed E-state index contributed by atoms with van der Waals surface area (Å²) in [6, 6.07) is 0. The van der Waals surface area contributed by atoms with Crippen LogP contribution in [0.15, 0.2) is 0 Å². The average molecular weight is 863 g/mol. The summed E-state index contributed by atoms with van der Waals surface area (Å²) < 4.78 is 16.8. The highest BCUT2D eigenvalue weighted by molar-refractivity contribution is 5.71. The van der Waals surface area contributed by atoms with Crippen molar-refractivity contribution in [3.63, 3.8) is 0 Å². The number of ether oxygens (including phenoxy) is 3. The molecule has 0 aromatic rings. The molecule has 0 amide bonds. The Morgan fingerprint density at radius 1 is 0.262 bits per heavy atom. The van der Waals surface area contributed by atoms with Gasteiger partial charge in [-0.15, -0.1) is 0 Å². The fraction of sp³-hybridized carbons (Fsp3) is 0.945. The average Bonchev–Trinajstić information content (AvgIpc) is 3.26. The van der Waals surface area contributed by atoms with Gasteiger partial charge in [0.2, 0.25) is 0 Å². The topological polar surface area (TPSA) is 78.9 Å². The number of hydrogen-bond acceptors (Lipinski definition) is 6. The van der Waals surface area contributed by atoms with Crippen LogP contribution in [0.5, 0.6) is 0 Å². The maximum Gasteiger partial charge on any atom is 0.306 e. The predicted octanol–water partition coefficient (Wildman–Crippen LogP) is 18.0. The monoisotopic (exact) mass is 863 g/mol. The van der Waals surface area contributed by atoms with Gasteiger partial charge in [0.05, 0.1) is 0 Å². The number of carbonyl (C=O) groups is 3. The molecule has 0 saturated heterocycles. The van der Waals surface area contributed by atoms with E-state index < -0.39 is 6.10 Å². The van der Waals surface area contributed by atoms with E-state index in [0.29, 0.717) is 19.3 Å². The van der Waals surface area contributed by atoms with Crippen LogP contribution in [0.1, 0.15) is 316 Å². The predicted molar refractivity (Wildman–Crippen MR) is 261 cm³/mol. The van der Waals surface area contributed by atoms with Crippen LogP contribution < -0.4 is 0 Å². The maximum atomic E-state index is 12.8. The highest BCUT2D eigenvalue weighted by Gasteiger charge is 2.19. The molecular formula is C55H106O6. The highest BCUT2D eigenvalue weighted by atomic mass is 16.6. The van der Waals surface area contributed by atoms with Crippen LogP contribution in [0.2, 0.25) is 0 Å². The molecule has 0 N–H and O–H groups in total. The van der Waals surface area contributed by atoms with Crippen molar-refractivity contribution < 1.29 is 28.6 Å². The van der Waals surface area contributed by atoms with Gasteiger partial charge in [0.1, 0.15) is 13.2 Å². The third-order valence-corrected chi connectivity index (χ3v) is 12.6. The lowest BCUT2D eigenvalue weighted by molar-refractivity contribution is -0.167. The van der Waals surface area contributed by atoms with Crippen LogP contribution in [-0.4, -0.2) is 37.2 Å². The Hall–Kier alpha value is -1.59. The van der Waals surface area contributed by atoms with Crippen molar-refractivity contribution in [1.82, 2.24) is 0 Å². The van der Waals surface area contributed by atoms with E-state index in [2.05, 4.69) is 20.8 Å². The van der Waals surface area contributed by atoms with Crippen LogP contribution in [0, 0.1) is 0 Å². The van der Waals surface area contributed by atoms with Crippen molar-refractivity contribution >= 4 is 17.9 Å². The minimum Gasteiger partial charge on any atom is -0.462 e. The van der Waals surface area contributed by atoms with Crippen molar-refractivity contribution in [3.05, 3.63) is 0 Å². The van der Waals surface area contributed by atoms with E-state index in [9.17, 15) is 14.4 Å². The van der Waals surface area contributed by atoms with Gasteiger partial charge in [0.25, 0.3) is 0 Å². The Balaban J connectivity index is 4.27. The quantitative estimate of drug-likeness (QED) is 0.0344. The van der Waals surface area contributed by atoms with Crippen molar-refractivity contribution in [2.24, 2.45) is 0 Å². The molecule has 0 heterocycles. The van der Waals surface area contributed by atoms with Gasteiger partial charge in [-0.25, -0.2) is 0 Å². The summed E-state index contributed by atoms with van der Waals surface area (Å²) in [6.07, 6.45) is 55.1. The SMILES string of the molecule is CCCCCCCCCCCCCCCCCCC(=O)OC[C@H](COC(=O)CCCCCCCCCCCCC)OC(=O)CCCCCCCCCCCCCCCCCC. The summed E-state index contributed by atoms with van der Waals surface area (Å²) in [4.78, 5) is 38.0. The van der Waals surface area contributed by atoms with E-state index in [1.165, 1.54) is 218 Å². The molecule has 0 aromatic carbocycles. The third kappa shape index (κ3) is 49.3. The van der Waals surface area contributed by atoms with Crippen LogP contribution in [0.4, 0.5) is 0 Å². The van der Waals surface area contributed by atoms with Crippen LogP contribution in [-0.2, 0) is 28.6 Å². The van der Waals surface area contributed by atoms with Gasteiger partial charge in [-0.05, 0) is 19.3 Å². The van der Waals surface area contributed by atoms with Crippen molar-refractivity contribution in [2.45, 2.75) is 322 Å². The molecule has 0 saturated carbocycles. The van der Waals surface area contributed by atoms with E-state index in [4.69, 9.17) is 14.2 Å². The van der Waals surface area contributed by atoms with Crippen molar-refractivity contribution in [2.75, 3.05) is 13.2 Å². The zero-order valence-corrected chi connectivity index (χ0v) is 41.5. The highest BCUT2D eigenvalue weighted by Crippen LogP contribution is 2.17. The summed E-state index contributed by atoms with van der Waals surface area (Å²) in [6.45, 7) is 6.69. The zero-order valence-electron chi connectivity index (χ0n) is 41.5. The Labute approximate surface area is 380 Å². The van der Waals surface area contributed by atoms with Gasteiger partial charge in [0.15, 0.2) is 6.10 Å². The molecule has 6 nitrogen and oxygen atoms in total. The molecule has 0 aromatic heterocycles. The molecule has 0 aliphatic rings. The molecule has 0 rings (SSSR count). The molecule has 0 fully saturated rings. The third-order valence-electron chi connectivity index (χ3n) is 12.6. The summed E-state index contributed by atoms with van der Waals surface area (Å²) in [7, 11) is 0. The Kier molecular flexibility index (Phi) is 49.7. The van der Waals surface area contributed by atoms with Crippen LogP contribution >= 0.6 is 0 Å². The van der Waals surface area contributed by atoms with Gasteiger partial charge in [0, 0.05) is 19.3 Å². The van der Waals surface area contributed by atoms with Gasteiger partial charge < -0.3 is 14.2 Å². The van der Waals surface area contributed by atoms with Crippen molar-refractivity contribution in [3.8, 4) is 0 Å². The normalized spacial score (nSPS) is 11.9. The fourth-order valence-electron chi connectivity index (χ4n) is 8.45. The second kappa shape index (κ2) is 51.0. The molecule has 0 unspecified atom stereocenters. The van der Waals surface area contributed by atoms with Gasteiger partial charge in [-0.2, -0.15) is 0 Å². The standard InChI is InChI=1S/C55H106O6/c1-4-7-10-13-16-19-22-24-26-28-30-33-36-39-42-45-48-54(57)60-51-52(50-59-53(56)47-44-41-38-35-32-21-18-15-12-9-6-3)61-55(58)49-46-43-40-37-34-31-29-27-25-23-20-17-14-11-8-5-2/h52H,4-51H2,1-3H3/t52-/m0/s1. The first-order valence-corrected chi connectivity index (χ1v) is 27.5. The Bertz CT molecular complexity index is 905. The fourth-order valence-corrected chi connectivity index (χ4v) is 8.45. The lowest BCUT2D eigenvalue weighted by Crippen LogP contribution is -2.30. The largest absolute Gasteiger partial charge is 0.462 e. The Morgan fingerprint density at radius 3 is 0.656 bits per heavy atom. The smallest absolute Gasteiger partial charge is 0.306 e. The van der Waals surface area contributed by atoms with Gasteiger partial charge >= 0.3 is 17.9 Å². The summed E-state index contributed by atoms with van der Waals surface area (Å²) >= 11 is 0. The second-order valence-corrected chi connectivity index (χ2v) is 18.9. The second-order valence-electron chi connectivity index (χ2n) is 18.9. The number of hydrogen-bond donors (Lipinski definition) is 0. The number of rotatable bonds is 51. The van der Waals surface area contributed by atoms with Crippen LogP contribution in [0.3, 0.4) is 0 Å². The van der Waals surface area contributed by atoms with E-state index >= 15 is 0 Å². The van der Waals surface area contributed by atoms with Gasteiger partial charge in [-0.3, -0.25) is 14.4 Å². The number of unbranched alkanes of at least 4 members (excludes halogenated alkanes) is 40. The molecule has 61 heavy (non-hydrogen) atoms. The first-order valence-electron chi connectivity index (χ1n) is 27.5. The minimum absolute atomic E-state index is 0.0614. The zero-order chi connectivity index (χ0) is 44.4. The molecule has 6 heteroatoms. The first-order chi connectivity index (χ1) is 30.0.